The molecule has 2 N–H and O–H groups in total. The van der Waals surface area contributed by atoms with Crippen molar-refractivity contribution in [1.29, 1.82) is 0 Å². The molecule has 0 radical (unpaired) electrons. The van der Waals surface area contributed by atoms with Crippen molar-refractivity contribution in [2.75, 3.05) is 27.0 Å². The zero-order valence-electron chi connectivity index (χ0n) is 16.1. The molecule has 0 amide bonds. The number of ketones is 1. The van der Waals surface area contributed by atoms with E-state index >= 15 is 0 Å². The lowest BCUT2D eigenvalue weighted by molar-refractivity contribution is -0.185. The molecular weight excluding hydrogens is 386 g/mol. The van der Waals surface area contributed by atoms with Crippen LogP contribution in [0.5, 0.6) is 11.5 Å². The molecule has 154 valence electrons. The fourth-order valence-corrected chi connectivity index (χ4v) is 5.69. The Morgan fingerprint density at radius 2 is 2.00 bits per heavy atom. The van der Waals surface area contributed by atoms with Gasteiger partial charge in [0, 0.05) is 18.0 Å². The number of hydrogen-bond donors (Lipinski definition) is 2. The normalized spacial score (nSPS) is 35.4. The standard InChI is InChI=1S/C18H21NO4.CH4O3S/c1-19-8-7-17-14-10-3-4-12(22-2)15(14)23-16(17)11(20)5-6-18(17,21)13(19)9-10;1-5(2,3)4/h3-4,13,16,21H,5-9H2,1-2H3;1H3,(H,2,3,4)/t13-,16+,17+,18-;/m1./s1. The van der Waals surface area contributed by atoms with Crippen molar-refractivity contribution in [2.24, 2.45) is 0 Å². The lowest BCUT2D eigenvalue weighted by Gasteiger charge is -2.62. The number of likely N-dealkylation sites (tertiary alicyclic amines) is 1. The van der Waals surface area contributed by atoms with Gasteiger partial charge in [0.05, 0.1) is 24.4 Å². The van der Waals surface area contributed by atoms with Gasteiger partial charge in [-0.1, -0.05) is 6.07 Å². The number of methoxy groups -OCH3 is 1. The van der Waals surface area contributed by atoms with Crippen LogP contribution in [0.4, 0.5) is 0 Å². The van der Waals surface area contributed by atoms with E-state index in [9.17, 15) is 18.3 Å². The second-order valence-electron chi connectivity index (χ2n) is 8.17. The second kappa shape index (κ2) is 6.16. The molecule has 0 unspecified atom stereocenters. The summed E-state index contributed by atoms with van der Waals surface area (Å²) in [6, 6.07) is 4.05. The van der Waals surface area contributed by atoms with Crippen molar-refractivity contribution in [3.63, 3.8) is 0 Å². The Balaban J connectivity index is 0.000000346. The van der Waals surface area contributed by atoms with Crippen LogP contribution in [0.1, 0.15) is 30.4 Å². The van der Waals surface area contributed by atoms with E-state index in [2.05, 4.69) is 18.0 Å². The summed E-state index contributed by atoms with van der Waals surface area (Å²) < 4.78 is 37.5. The van der Waals surface area contributed by atoms with Crippen LogP contribution in [0.3, 0.4) is 0 Å². The molecule has 0 aromatic heterocycles. The molecule has 1 aromatic rings. The van der Waals surface area contributed by atoms with Crippen molar-refractivity contribution in [1.82, 2.24) is 4.90 Å². The van der Waals surface area contributed by atoms with Crippen LogP contribution in [0.15, 0.2) is 12.1 Å². The van der Waals surface area contributed by atoms with Crippen LogP contribution in [-0.4, -0.2) is 73.5 Å². The summed E-state index contributed by atoms with van der Waals surface area (Å²) in [5, 5.41) is 11.7. The van der Waals surface area contributed by atoms with Crippen molar-refractivity contribution in [2.45, 2.75) is 48.8 Å². The lowest BCUT2D eigenvalue weighted by Crippen LogP contribution is -2.76. The zero-order chi connectivity index (χ0) is 20.5. The van der Waals surface area contributed by atoms with Gasteiger partial charge in [0.15, 0.2) is 23.4 Å². The van der Waals surface area contributed by atoms with E-state index in [-0.39, 0.29) is 11.8 Å². The molecule has 5 rings (SSSR count). The van der Waals surface area contributed by atoms with Gasteiger partial charge in [-0.2, -0.15) is 8.42 Å². The first-order chi connectivity index (χ1) is 13.0. The molecular formula is C19H25NO7S. The van der Waals surface area contributed by atoms with Crippen molar-refractivity contribution in [3.8, 4) is 11.5 Å². The quantitative estimate of drug-likeness (QED) is 0.644. The van der Waals surface area contributed by atoms with Crippen LogP contribution in [0.2, 0.25) is 0 Å². The van der Waals surface area contributed by atoms with Crippen LogP contribution in [-0.2, 0) is 26.7 Å². The number of hydrogen-bond acceptors (Lipinski definition) is 7. The number of benzene rings is 1. The molecule has 1 saturated carbocycles. The van der Waals surface area contributed by atoms with Crippen molar-refractivity contribution < 1.29 is 32.3 Å². The molecule has 28 heavy (non-hydrogen) atoms. The molecule has 2 fully saturated rings. The SMILES string of the molecule is COc1ccc2c3c1O[C@H]1C(=O)CC[C@@]4(O)[C@@H](C2)N(C)CC[C@]314.CS(=O)(=O)O. The topological polar surface area (TPSA) is 113 Å². The van der Waals surface area contributed by atoms with Crippen LogP contribution < -0.4 is 9.47 Å². The van der Waals surface area contributed by atoms with Gasteiger partial charge >= 0.3 is 0 Å². The fraction of sp³-hybridized carbons (Fsp3) is 0.632. The number of aliphatic hydroxyl groups is 1. The minimum Gasteiger partial charge on any atom is -0.493 e. The van der Waals surface area contributed by atoms with Gasteiger partial charge in [0.25, 0.3) is 10.1 Å². The highest BCUT2D eigenvalue weighted by Crippen LogP contribution is 2.64. The third kappa shape index (κ3) is 2.53. The average Bonchev–Trinajstić information content (AvgIpc) is 2.95. The van der Waals surface area contributed by atoms with E-state index in [0.717, 1.165) is 24.9 Å². The molecule has 4 aliphatic rings. The zero-order valence-corrected chi connectivity index (χ0v) is 17.0. The van der Waals surface area contributed by atoms with Gasteiger partial charge in [-0.3, -0.25) is 9.35 Å². The van der Waals surface area contributed by atoms with Crippen molar-refractivity contribution >= 4 is 15.9 Å². The number of carbonyl (C=O) groups is 1. The third-order valence-electron chi connectivity index (χ3n) is 6.73. The number of likely N-dealkylation sites (N-methyl/N-ethyl adjacent to an activating group) is 1. The maximum absolute atomic E-state index is 12.7. The Morgan fingerprint density at radius 3 is 2.64 bits per heavy atom. The van der Waals surface area contributed by atoms with Gasteiger partial charge in [-0.25, -0.2) is 0 Å². The van der Waals surface area contributed by atoms with E-state index < -0.39 is 27.2 Å². The van der Waals surface area contributed by atoms with Gasteiger partial charge in [-0.05, 0) is 44.5 Å². The lowest BCUT2D eigenvalue weighted by atomic mass is 9.49. The number of carbonyl (C=O) groups excluding carboxylic acids is 1. The number of Topliss-reactive ketones (excluding diaryl/α,β-unsaturated/α-hetero) is 1. The van der Waals surface area contributed by atoms with Crippen LogP contribution in [0, 0.1) is 0 Å². The van der Waals surface area contributed by atoms with Gasteiger partial charge in [0.1, 0.15) is 0 Å². The highest BCUT2D eigenvalue weighted by molar-refractivity contribution is 7.85. The predicted molar refractivity (Wildman–Crippen MR) is 100 cm³/mol. The third-order valence-corrected chi connectivity index (χ3v) is 6.73. The predicted octanol–water partition coefficient (Wildman–Crippen LogP) is 0.552. The second-order valence-corrected chi connectivity index (χ2v) is 9.64. The Labute approximate surface area is 164 Å². The largest absolute Gasteiger partial charge is 0.493 e. The maximum Gasteiger partial charge on any atom is 0.261 e. The maximum atomic E-state index is 12.7. The Bertz CT molecular complexity index is 938. The summed E-state index contributed by atoms with van der Waals surface area (Å²) in [4.78, 5) is 14.9. The number of piperidine rings is 1. The Kier molecular flexibility index (Phi) is 4.32. The molecule has 8 nitrogen and oxygen atoms in total. The average molecular weight is 411 g/mol. The van der Waals surface area contributed by atoms with Crippen molar-refractivity contribution in [3.05, 3.63) is 23.3 Å². The van der Waals surface area contributed by atoms with E-state index in [1.54, 1.807) is 7.11 Å². The first-order valence-corrected chi connectivity index (χ1v) is 11.1. The summed E-state index contributed by atoms with van der Waals surface area (Å²) in [6.45, 7) is 0.871. The van der Waals surface area contributed by atoms with E-state index in [0.29, 0.717) is 30.6 Å². The fourth-order valence-electron chi connectivity index (χ4n) is 5.69. The number of ether oxygens (including phenoxy) is 2. The van der Waals surface area contributed by atoms with E-state index in [4.69, 9.17) is 14.0 Å². The molecule has 2 heterocycles. The molecule has 2 aliphatic heterocycles. The van der Waals surface area contributed by atoms with Gasteiger partial charge in [-0.15, -0.1) is 0 Å². The Morgan fingerprint density at radius 1 is 1.32 bits per heavy atom. The first kappa shape index (κ1) is 19.6. The summed E-state index contributed by atoms with van der Waals surface area (Å²) >= 11 is 0. The number of rotatable bonds is 1. The highest BCUT2D eigenvalue weighted by Gasteiger charge is 2.72. The molecule has 2 aliphatic carbocycles. The summed E-state index contributed by atoms with van der Waals surface area (Å²) in [5.74, 6) is 1.47. The first-order valence-electron chi connectivity index (χ1n) is 9.27. The number of nitrogens with zero attached hydrogens (tertiary/aromatic N) is 1. The molecule has 1 saturated heterocycles. The smallest absolute Gasteiger partial charge is 0.261 e. The molecule has 4 atom stereocenters. The minimum absolute atomic E-state index is 0.0438. The van der Waals surface area contributed by atoms with Gasteiger partial charge in [0.2, 0.25) is 0 Å². The summed E-state index contributed by atoms with van der Waals surface area (Å²) in [7, 11) is 0.0295. The minimum atomic E-state index is -3.67. The monoisotopic (exact) mass is 411 g/mol. The van der Waals surface area contributed by atoms with E-state index in [1.165, 1.54) is 5.56 Å². The molecule has 2 bridgehead atoms. The molecule has 1 aromatic carbocycles. The molecule has 9 heteroatoms. The van der Waals surface area contributed by atoms with E-state index in [1.807, 2.05) is 6.07 Å². The Hall–Kier alpha value is -1.68. The molecule has 1 spiro atoms. The van der Waals surface area contributed by atoms with Crippen LogP contribution in [0.25, 0.3) is 0 Å². The van der Waals surface area contributed by atoms with Crippen LogP contribution >= 0.6 is 0 Å². The highest BCUT2D eigenvalue weighted by atomic mass is 32.2. The summed E-state index contributed by atoms with van der Waals surface area (Å²) in [5.41, 5.74) is 0.737. The van der Waals surface area contributed by atoms with Gasteiger partial charge < -0.3 is 19.5 Å². The summed E-state index contributed by atoms with van der Waals surface area (Å²) in [6.07, 6.45) is 2.61.